The summed E-state index contributed by atoms with van der Waals surface area (Å²) in [5.74, 6) is 0.168. The van der Waals surface area contributed by atoms with Crippen molar-refractivity contribution in [3.05, 3.63) is 35.9 Å². The van der Waals surface area contributed by atoms with Crippen LogP contribution in [0.1, 0.15) is 37.2 Å². The van der Waals surface area contributed by atoms with E-state index in [4.69, 9.17) is 4.74 Å². The fourth-order valence-electron chi connectivity index (χ4n) is 4.00. The van der Waals surface area contributed by atoms with Gasteiger partial charge in [0.2, 0.25) is 0 Å². The second-order valence-corrected chi connectivity index (χ2v) is 6.45. The van der Waals surface area contributed by atoms with E-state index >= 15 is 0 Å². The Labute approximate surface area is 120 Å². The van der Waals surface area contributed by atoms with Crippen LogP contribution < -0.4 is 0 Å². The van der Waals surface area contributed by atoms with Gasteiger partial charge in [-0.05, 0) is 45.3 Å². The summed E-state index contributed by atoms with van der Waals surface area (Å²) in [6.07, 6.45) is 4.38. The second-order valence-electron chi connectivity index (χ2n) is 6.45. The van der Waals surface area contributed by atoms with Crippen molar-refractivity contribution in [1.82, 2.24) is 4.90 Å². The van der Waals surface area contributed by atoms with Crippen molar-refractivity contribution in [3.63, 3.8) is 0 Å². The Morgan fingerprint density at radius 1 is 1.20 bits per heavy atom. The normalized spacial score (nSPS) is 28.2. The third-order valence-electron chi connectivity index (χ3n) is 4.75. The molecule has 108 valence electrons. The van der Waals surface area contributed by atoms with E-state index in [9.17, 15) is 4.79 Å². The third-order valence-corrected chi connectivity index (χ3v) is 4.75. The molecule has 1 saturated heterocycles. The summed E-state index contributed by atoms with van der Waals surface area (Å²) in [4.78, 5) is 14.5. The van der Waals surface area contributed by atoms with Gasteiger partial charge in [-0.25, -0.2) is 0 Å². The van der Waals surface area contributed by atoms with Crippen LogP contribution in [0, 0.1) is 5.92 Å². The molecule has 1 spiro atoms. The first kappa shape index (κ1) is 13.6. The van der Waals surface area contributed by atoms with Gasteiger partial charge >= 0.3 is 5.97 Å². The van der Waals surface area contributed by atoms with Gasteiger partial charge in [-0.1, -0.05) is 30.3 Å². The highest BCUT2D eigenvalue weighted by molar-refractivity contribution is 5.78. The minimum atomic E-state index is -0.237. The fourth-order valence-corrected chi connectivity index (χ4v) is 4.00. The largest absolute Gasteiger partial charge is 0.458 e. The topological polar surface area (TPSA) is 29.5 Å². The predicted molar refractivity (Wildman–Crippen MR) is 78.5 cm³/mol. The van der Waals surface area contributed by atoms with Crippen molar-refractivity contribution in [2.24, 2.45) is 5.92 Å². The van der Waals surface area contributed by atoms with Crippen LogP contribution in [0.15, 0.2) is 30.3 Å². The SMILES string of the molecule is CN(C)CC1C(=O)OC2(CCCC2)C1c1ccccc1. The zero-order valence-corrected chi connectivity index (χ0v) is 12.3. The summed E-state index contributed by atoms with van der Waals surface area (Å²) < 4.78 is 5.92. The highest BCUT2D eigenvalue weighted by atomic mass is 16.6. The van der Waals surface area contributed by atoms with Crippen molar-refractivity contribution >= 4 is 5.97 Å². The second kappa shape index (κ2) is 5.21. The average Bonchev–Trinajstić information content (AvgIpc) is 2.97. The molecule has 1 saturated carbocycles. The molecular formula is C17H23NO2. The van der Waals surface area contributed by atoms with E-state index < -0.39 is 0 Å². The number of hydrogen-bond acceptors (Lipinski definition) is 3. The number of ether oxygens (including phenoxy) is 1. The van der Waals surface area contributed by atoms with Gasteiger partial charge in [0.05, 0.1) is 5.92 Å². The van der Waals surface area contributed by atoms with E-state index in [1.165, 1.54) is 18.4 Å². The molecule has 0 N–H and O–H groups in total. The first-order valence-electron chi connectivity index (χ1n) is 7.55. The van der Waals surface area contributed by atoms with Gasteiger partial charge in [-0.3, -0.25) is 4.79 Å². The van der Waals surface area contributed by atoms with Crippen molar-refractivity contribution in [3.8, 4) is 0 Å². The van der Waals surface area contributed by atoms with E-state index in [2.05, 4.69) is 29.2 Å². The molecule has 1 aliphatic heterocycles. The maximum Gasteiger partial charge on any atom is 0.311 e. The molecule has 0 amide bonds. The fraction of sp³-hybridized carbons (Fsp3) is 0.588. The Kier molecular flexibility index (Phi) is 3.55. The highest BCUT2D eigenvalue weighted by Gasteiger charge is 2.56. The first-order valence-corrected chi connectivity index (χ1v) is 7.55. The molecule has 0 radical (unpaired) electrons. The van der Waals surface area contributed by atoms with E-state index in [1.807, 2.05) is 20.2 Å². The molecule has 1 aromatic rings. The Morgan fingerprint density at radius 3 is 2.45 bits per heavy atom. The van der Waals surface area contributed by atoms with Crippen LogP contribution >= 0.6 is 0 Å². The summed E-state index contributed by atoms with van der Waals surface area (Å²) in [5, 5.41) is 0. The molecule has 0 bridgehead atoms. The molecule has 0 aromatic heterocycles. The van der Waals surface area contributed by atoms with Crippen LogP contribution in [-0.4, -0.2) is 37.1 Å². The van der Waals surface area contributed by atoms with Crippen molar-refractivity contribution in [2.45, 2.75) is 37.2 Å². The minimum Gasteiger partial charge on any atom is -0.458 e. The average molecular weight is 273 g/mol. The number of nitrogens with zero attached hydrogens (tertiary/aromatic N) is 1. The lowest BCUT2D eigenvalue weighted by atomic mass is 9.75. The third kappa shape index (κ3) is 2.24. The quantitative estimate of drug-likeness (QED) is 0.793. The summed E-state index contributed by atoms with van der Waals surface area (Å²) in [7, 11) is 4.05. The number of rotatable bonds is 3. The Balaban J connectivity index is 1.99. The smallest absolute Gasteiger partial charge is 0.311 e. The van der Waals surface area contributed by atoms with Gasteiger partial charge in [0, 0.05) is 12.5 Å². The summed E-state index contributed by atoms with van der Waals surface area (Å²) in [6.45, 7) is 0.764. The number of benzene rings is 1. The molecule has 20 heavy (non-hydrogen) atoms. The standard InChI is InChI=1S/C17H23NO2/c1-18(2)12-14-15(13-8-4-3-5-9-13)17(20-16(14)19)10-6-7-11-17/h3-5,8-9,14-15H,6-7,10-12H2,1-2H3. The van der Waals surface area contributed by atoms with Crippen LogP contribution in [0.2, 0.25) is 0 Å². The summed E-state index contributed by atoms with van der Waals surface area (Å²) in [6, 6.07) is 10.5. The molecule has 2 atom stereocenters. The Bertz CT molecular complexity index is 477. The lowest BCUT2D eigenvalue weighted by Gasteiger charge is -2.31. The number of esters is 1. The van der Waals surface area contributed by atoms with E-state index in [0.29, 0.717) is 0 Å². The molecule has 1 aliphatic carbocycles. The Hall–Kier alpha value is -1.35. The van der Waals surface area contributed by atoms with E-state index in [-0.39, 0.29) is 23.4 Å². The van der Waals surface area contributed by atoms with Crippen molar-refractivity contribution < 1.29 is 9.53 Å². The summed E-state index contributed by atoms with van der Waals surface area (Å²) in [5.41, 5.74) is 1.02. The highest BCUT2D eigenvalue weighted by Crippen LogP contribution is 2.52. The van der Waals surface area contributed by atoms with E-state index in [1.54, 1.807) is 0 Å². The molecule has 1 heterocycles. The zero-order valence-electron chi connectivity index (χ0n) is 12.3. The minimum absolute atomic E-state index is 0.00514. The molecule has 3 heteroatoms. The van der Waals surface area contributed by atoms with Crippen LogP contribution in [0.5, 0.6) is 0 Å². The van der Waals surface area contributed by atoms with Crippen molar-refractivity contribution in [2.75, 3.05) is 20.6 Å². The number of carbonyl (C=O) groups is 1. The maximum atomic E-state index is 12.4. The van der Waals surface area contributed by atoms with E-state index in [0.717, 1.165) is 19.4 Å². The maximum absolute atomic E-state index is 12.4. The van der Waals surface area contributed by atoms with Gasteiger partial charge in [0.15, 0.2) is 0 Å². The van der Waals surface area contributed by atoms with Gasteiger partial charge in [0.25, 0.3) is 0 Å². The van der Waals surface area contributed by atoms with Crippen LogP contribution in [-0.2, 0) is 9.53 Å². The molecule has 2 aliphatic rings. The van der Waals surface area contributed by atoms with Crippen molar-refractivity contribution in [1.29, 1.82) is 0 Å². The number of hydrogen-bond donors (Lipinski definition) is 0. The van der Waals surface area contributed by atoms with Crippen LogP contribution in [0.3, 0.4) is 0 Å². The zero-order chi connectivity index (χ0) is 14.2. The molecule has 1 aromatic carbocycles. The number of carbonyl (C=O) groups excluding carboxylic acids is 1. The van der Waals surface area contributed by atoms with Crippen LogP contribution in [0.4, 0.5) is 0 Å². The molecule has 2 unspecified atom stereocenters. The predicted octanol–water partition coefficient (Wildman–Crippen LogP) is 2.82. The lowest BCUT2D eigenvalue weighted by Crippen LogP contribution is -2.35. The Morgan fingerprint density at radius 2 is 1.85 bits per heavy atom. The monoisotopic (exact) mass is 273 g/mol. The van der Waals surface area contributed by atoms with Gasteiger partial charge < -0.3 is 9.64 Å². The lowest BCUT2D eigenvalue weighted by molar-refractivity contribution is -0.150. The van der Waals surface area contributed by atoms with Gasteiger partial charge in [0.1, 0.15) is 5.60 Å². The molecule has 3 nitrogen and oxygen atoms in total. The molecule has 3 rings (SSSR count). The first-order chi connectivity index (χ1) is 9.62. The molecule has 2 fully saturated rings. The van der Waals surface area contributed by atoms with Gasteiger partial charge in [-0.2, -0.15) is 0 Å². The molecular weight excluding hydrogens is 250 g/mol. The van der Waals surface area contributed by atoms with Gasteiger partial charge in [-0.15, -0.1) is 0 Å². The summed E-state index contributed by atoms with van der Waals surface area (Å²) >= 11 is 0. The van der Waals surface area contributed by atoms with Crippen LogP contribution in [0.25, 0.3) is 0 Å².